The number of hydrogen-bond donors (Lipinski definition) is 2. The third kappa shape index (κ3) is 4.12. The van der Waals surface area contributed by atoms with Gasteiger partial charge in [0.2, 0.25) is 0 Å². The summed E-state index contributed by atoms with van der Waals surface area (Å²) < 4.78 is 0. The normalized spacial score (nSPS) is 21.4. The lowest BCUT2D eigenvalue weighted by molar-refractivity contribution is 0.0771. The topological polar surface area (TPSA) is 32.3 Å². The van der Waals surface area contributed by atoms with Gasteiger partial charge < -0.3 is 10.4 Å². The first kappa shape index (κ1) is 13.0. The van der Waals surface area contributed by atoms with Crippen molar-refractivity contribution in [3.8, 4) is 0 Å². The summed E-state index contributed by atoms with van der Waals surface area (Å²) in [5.74, 6) is 0.813. The highest BCUT2D eigenvalue weighted by Crippen LogP contribution is 2.32. The van der Waals surface area contributed by atoms with Crippen molar-refractivity contribution >= 4 is 0 Å². The fraction of sp³-hybridized carbons (Fsp3) is 1.00. The number of rotatable bonds is 7. The first-order valence-electron chi connectivity index (χ1n) is 6.46. The predicted octanol–water partition coefficient (Wildman–Crippen LogP) is 2.71. The van der Waals surface area contributed by atoms with Crippen molar-refractivity contribution in [1.29, 1.82) is 0 Å². The van der Waals surface area contributed by atoms with Crippen molar-refractivity contribution in [1.82, 2.24) is 5.32 Å². The summed E-state index contributed by atoms with van der Waals surface area (Å²) in [7, 11) is 0. The summed E-state index contributed by atoms with van der Waals surface area (Å²) in [5.41, 5.74) is 0.0806. The molecule has 90 valence electrons. The zero-order valence-electron chi connectivity index (χ0n) is 10.6. The standard InChI is InChI=1S/C13H27NO/c1-11(2)6-4-7-12(3)14-13(10-15)8-5-9-13/h11-12,14-15H,4-10H2,1-3H3. The molecule has 0 amide bonds. The maximum atomic E-state index is 9.34. The second kappa shape index (κ2) is 5.86. The van der Waals surface area contributed by atoms with Gasteiger partial charge in [0.15, 0.2) is 0 Å². The molecule has 1 rings (SSSR count). The van der Waals surface area contributed by atoms with E-state index in [4.69, 9.17) is 0 Å². The molecule has 0 spiro atoms. The summed E-state index contributed by atoms with van der Waals surface area (Å²) in [4.78, 5) is 0. The van der Waals surface area contributed by atoms with Crippen LogP contribution in [0.25, 0.3) is 0 Å². The van der Waals surface area contributed by atoms with Crippen LogP contribution in [-0.2, 0) is 0 Å². The average Bonchev–Trinajstić information content (AvgIpc) is 2.11. The van der Waals surface area contributed by atoms with Crippen LogP contribution < -0.4 is 5.32 Å². The van der Waals surface area contributed by atoms with Gasteiger partial charge in [-0.05, 0) is 38.5 Å². The molecule has 0 heterocycles. The number of nitrogens with one attached hydrogen (secondary N) is 1. The Morgan fingerprint density at radius 3 is 2.27 bits per heavy atom. The predicted molar refractivity (Wildman–Crippen MR) is 65.0 cm³/mol. The fourth-order valence-electron chi connectivity index (χ4n) is 2.38. The van der Waals surface area contributed by atoms with Crippen LogP contribution in [0, 0.1) is 5.92 Å². The van der Waals surface area contributed by atoms with Crippen LogP contribution >= 0.6 is 0 Å². The molecule has 0 saturated heterocycles. The molecule has 1 atom stereocenters. The van der Waals surface area contributed by atoms with Gasteiger partial charge >= 0.3 is 0 Å². The van der Waals surface area contributed by atoms with Gasteiger partial charge in [-0.3, -0.25) is 0 Å². The second-order valence-corrected chi connectivity index (χ2v) is 5.66. The highest BCUT2D eigenvalue weighted by molar-refractivity contribution is 4.96. The minimum atomic E-state index is 0.0806. The molecule has 0 aromatic heterocycles. The molecule has 1 unspecified atom stereocenters. The zero-order chi connectivity index (χ0) is 11.3. The van der Waals surface area contributed by atoms with Gasteiger partial charge in [0.05, 0.1) is 6.61 Å². The Morgan fingerprint density at radius 1 is 1.20 bits per heavy atom. The second-order valence-electron chi connectivity index (χ2n) is 5.66. The van der Waals surface area contributed by atoms with Gasteiger partial charge in [-0.15, -0.1) is 0 Å². The van der Waals surface area contributed by atoms with Crippen LogP contribution in [-0.4, -0.2) is 23.3 Å². The Morgan fingerprint density at radius 2 is 1.87 bits per heavy atom. The molecule has 2 nitrogen and oxygen atoms in total. The van der Waals surface area contributed by atoms with E-state index in [2.05, 4.69) is 26.1 Å². The highest BCUT2D eigenvalue weighted by atomic mass is 16.3. The minimum absolute atomic E-state index is 0.0806. The first-order valence-corrected chi connectivity index (χ1v) is 6.46. The largest absolute Gasteiger partial charge is 0.394 e. The van der Waals surface area contributed by atoms with E-state index in [1.54, 1.807) is 0 Å². The Labute approximate surface area is 94.5 Å². The van der Waals surface area contributed by atoms with Crippen LogP contribution in [0.4, 0.5) is 0 Å². The van der Waals surface area contributed by atoms with Gasteiger partial charge in [0.1, 0.15) is 0 Å². The molecule has 0 radical (unpaired) electrons. The summed E-state index contributed by atoms with van der Waals surface area (Å²) >= 11 is 0. The van der Waals surface area contributed by atoms with E-state index in [1.807, 2.05) is 0 Å². The lowest BCUT2D eigenvalue weighted by atomic mass is 9.77. The van der Waals surface area contributed by atoms with E-state index < -0.39 is 0 Å². The molecule has 1 aliphatic rings. The van der Waals surface area contributed by atoms with Crippen molar-refractivity contribution in [3.63, 3.8) is 0 Å². The number of aliphatic hydroxyl groups is 1. The van der Waals surface area contributed by atoms with Crippen LogP contribution in [0.5, 0.6) is 0 Å². The van der Waals surface area contributed by atoms with Crippen LogP contribution in [0.15, 0.2) is 0 Å². The SMILES string of the molecule is CC(C)CCCC(C)NC1(CO)CCC1. The smallest absolute Gasteiger partial charge is 0.0613 e. The molecule has 0 aliphatic heterocycles. The van der Waals surface area contributed by atoms with E-state index in [-0.39, 0.29) is 5.54 Å². The molecule has 1 saturated carbocycles. The van der Waals surface area contributed by atoms with Crippen molar-refractivity contribution < 1.29 is 5.11 Å². The molecule has 2 heteroatoms. The maximum absolute atomic E-state index is 9.34. The molecule has 0 bridgehead atoms. The Kier molecular flexibility index (Phi) is 5.07. The maximum Gasteiger partial charge on any atom is 0.0613 e. The summed E-state index contributed by atoms with van der Waals surface area (Å²) in [6.07, 6.45) is 7.42. The van der Waals surface area contributed by atoms with E-state index in [0.717, 1.165) is 18.8 Å². The average molecular weight is 213 g/mol. The Bertz CT molecular complexity index is 170. The molecule has 0 aromatic carbocycles. The third-order valence-corrected chi connectivity index (χ3v) is 3.58. The van der Waals surface area contributed by atoms with Crippen molar-refractivity contribution in [2.24, 2.45) is 5.92 Å². The van der Waals surface area contributed by atoms with Crippen molar-refractivity contribution in [2.75, 3.05) is 6.61 Å². The molecular weight excluding hydrogens is 186 g/mol. The van der Waals surface area contributed by atoms with E-state index in [1.165, 1.54) is 25.7 Å². The third-order valence-electron chi connectivity index (χ3n) is 3.58. The fourth-order valence-corrected chi connectivity index (χ4v) is 2.38. The molecular formula is C13H27NO. The molecule has 1 aliphatic carbocycles. The van der Waals surface area contributed by atoms with Crippen LogP contribution in [0.1, 0.15) is 59.3 Å². The van der Waals surface area contributed by atoms with Crippen molar-refractivity contribution in [2.45, 2.75) is 70.9 Å². The monoisotopic (exact) mass is 213 g/mol. The van der Waals surface area contributed by atoms with Gasteiger partial charge in [-0.1, -0.05) is 26.7 Å². The van der Waals surface area contributed by atoms with E-state index in [9.17, 15) is 5.11 Å². The summed E-state index contributed by atoms with van der Waals surface area (Å²) in [6.45, 7) is 7.11. The molecule has 0 aromatic rings. The Hall–Kier alpha value is -0.0800. The van der Waals surface area contributed by atoms with E-state index >= 15 is 0 Å². The Balaban J connectivity index is 2.14. The highest BCUT2D eigenvalue weighted by Gasteiger charge is 2.36. The molecule has 2 N–H and O–H groups in total. The summed E-state index contributed by atoms with van der Waals surface area (Å²) in [6, 6.07) is 0.552. The first-order chi connectivity index (χ1) is 7.08. The van der Waals surface area contributed by atoms with Gasteiger partial charge in [0, 0.05) is 11.6 Å². The number of aliphatic hydroxyl groups excluding tert-OH is 1. The van der Waals surface area contributed by atoms with E-state index in [0.29, 0.717) is 12.6 Å². The lowest BCUT2D eigenvalue weighted by Crippen LogP contribution is -2.56. The van der Waals surface area contributed by atoms with Gasteiger partial charge in [0.25, 0.3) is 0 Å². The quantitative estimate of drug-likeness (QED) is 0.681. The molecule has 15 heavy (non-hydrogen) atoms. The lowest BCUT2D eigenvalue weighted by Gasteiger charge is -2.43. The molecule has 1 fully saturated rings. The zero-order valence-corrected chi connectivity index (χ0v) is 10.6. The van der Waals surface area contributed by atoms with Gasteiger partial charge in [-0.25, -0.2) is 0 Å². The number of hydrogen-bond acceptors (Lipinski definition) is 2. The van der Waals surface area contributed by atoms with Gasteiger partial charge in [-0.2, -0.15) is 0 Å². The van der Waals surface area contributed by atoms with Crippen LogP contribution in [0.3, 0.4) is 0 Å². The minimum Gasteiger partial charge on any atom is -0.394 e. The summed E-state index contributed by atoms with van der Waals surface area (Å²) in [5, 5.41) is 12.9. The van der Waals surface area contributed by atoms with Crippen molar-refractivity contribution in [3.05, 3.63) is 0 Å². The van der Waals surface area contributed by atoms with Crippen LogP contribution in [0.2, 0.25) is 0 Å².